The van der Waals surface area contributed by atoms with E-state index >= 15 is 0 Å². The molecule has 0 bridgehead atoms. The van der Waals surface area contributed by atoms with Crippen molar-refractivity contribution in [1.82, 2.24) is 9.55 Å². The number of rotatable bonds is 4. The van der Waals surface area contributed by atoms with Crippen molar-refractivity contribution in [1.29, 1.82) is 0 Å². The topological polar surface area (TPSA) is 47.1 Å². The van der Waals surface area contributed by atoms with E-state index in [4.69, 9.17) is 5.73 Å². The molecular weight excluding hydrogens is 243 g/mol. The monoisotopic (exact) mass is 262 g/mol. The molecule has 2 N–H and O–H groups in total. The molecule has 0 radical (unpaired) electrons. The van der Waals surface area contributed by atoms with Gasteiger partial charge in [0.2, 0.25) is 0 Å². The lowest BCUT2D eigenvalue weighted by atomic mass is 10.1. The van der Waals surface area contributed by atoms with E-state index in [9.17, 15) is 4.39 Å². The summed E-state index contributed by atoms with van der Waals surface area (Å²) in [5.41, 5.74) is 7.64. The van der Waals surface area contributed by atoms with Crippen LogP contribution in [0.5, 0.6) is 0 Å². The molecule has 1 aromatic carbocycles. The van der Waals surface area contributed by atoms with E-state index in [2.05, 4.69) is 4.98 Å². The first-order valence-electron chi connectivity index (χ1n) is 6.21. The van der Waals surface area contributed by atoms with E-state index in [1.165, 1.54) is 12.1 Å². The van der Waals surface area contributed by atoms with Gasteiger partial charge >= 0.3 is 0 Å². The van der Waals surface area contributed by atoms with Gasteiger partial charge in [-0.2, -0.15) is 0 Å². The Morgan fingerprint density at radius 3 is 2.79 bits per heavy atom. The number of nitrogens with zero attached hydrogens (tertiary/aromatic N) is 3. The number of aryl methyl sites for hydroxylation is 1. The normalized spacial score (nSPS) is 12.5. The van der Waals surface area contributed by atoms with E-state index in [1.807, 2.05) is 36.7 Å². The van der Waals surface area contributed by atoms with Crippen LogP contribution in [0, 0.1) is 5.82 Å². The molecule has 0 spiro atoms. The smallest absolute Gasteiger partial charge is 0.127 e. The van der Waals surface area contributed by atoms with Gasteiger partial charge in [0, 0.05) is 38.2 Å². The molecule has 4 nitrogen and oxygen atoms in total. The lowest BCUT2D eigenvalue weighted by molar-refractivity contribution is 0.621. The van der Waals surface area contributed by atoms with Crippen molar-refractivity contribution in [2.24, 2.45) is 12.8 Å². The summed E-state index contributed by atoms with van der Waals surface area (Å²) in [6, 6.07) is 4.50. The van der Waals surface area contributed by atoms with Crippen LogP contribution in [0.2, 0.25) is 0 Å². The van der Waals surface area contributed by atoms with Crippen LogP contribution in [0.4, 0.5) is 10.1 Å². The van der Waals surface area contributed by atoms with Crippen LogP contribution in [0.3, 0.4) is 0 Å². The van der Waals surface area contributed by atoms with E-state index in [0.29, 0.717) is 6.54 Å². The van der Waals surface area contributed by atoms with Crippen LogP contribution < -0.4 is 10.6 Å². The Morgan fingerprint density at radius 2 is 2.21 bits per heavy atom. The quantitative estimate of drug-likeness (QED) is 0.919. The Hall–Kier alpha value is -1.88. The zero-order valence-electron chi connectivity index (χ0n) is 11.5. The summed E-state index contributed by atoms with van der Waals surface area (Å²) in [6.45, 7) is 2.50. The van der Waals surface area contributed by atoms with Gasteiger partial charge in [-0.25, -0.2) is 9.37 Å². The van der Waals surface area contributed by atoms with E-state index < -0.39 is 0 Å². The van der Waals surface area contributed by atoms with E-state index in [-0.39, 0.29) is 11.9 Å². The van der Waals surface area contributed by atoms with E-state index in [0.717, 1.165) is 17.1 Å². The molecule has 0 saturated carbocycles. The average Bonchev–Trinajstić information content (AvgIpc) is 2.74. The molecule has 19 heavy (non-hydrogen) atoms. The maximum absolute atomic E-state index is 13.3. The summed E-state index contributed by atoms with van der Waals surface area (Å²) in [7, 11) is 3.90. The molecule has 102 valence electrons. The third-order valence-corrected chi connectivity index (χ3v) is 3.19. The summed E-state index contributed by atoms with van der Waals surface area (Å²) in [5, 5.41) is 0. The standard InChI is InChI=1S/C14H19FN4/c1-10(16)12-8-11(15)4-5-13(12)19(3)9-14-17-6-7-18(14)2/h4-8,10H,9,16H2,1-3H3. The fraction of sp³-hybridized carbons (Fsp3) is 0.357. The Balaban J connectivity index is 2.28. The Labute approximate surface area is 112 Å². The Morgan fingerprint density at radius 1 is 1.47 bits per heavy atom. The van der Waals surface area contributed by atoms with E-state index in [1.54, 1.807) is 12.3 Å². The van der Waals surface area contributed by atoms with Crippen LogP contribution in [-0.4, -0.2) is 16.6 Å². The molecular formula is C14H19FN4. The minimum absolute atomic E-state index is 0.213. The molecule has 1 atom stereocenters. The van der Waals surface area contributed by atoms with Crippen molar-refractivity contribution in [2.75, 3.05) is 11.9 Å². The number of anilines is 1. The van der Waals surface area contributed by atoms with Gasteiger partial charge in [0.25, 0.3) is 0 Å². The highest BCUT2D eigenvalue weighted by molar-refractivity contribution is 5.54. The largest absolute Gasteiger partial charge is 0.367 e. The zero-order chi connectivity index (χ0) is 14.0. The van der Waals surface area contributed by atoms with Gasteiger partial charge in [-0.3, -0.25) is 0 Å². The second kappa shape index (κ2) is 5.40. The molecule has 0 saturated heterocycles. The van der Waals surface area contributed by atoms with Crippen molar-refractivity contribution in [3.63, 3.8) is 0 Å². The molecule has 1 aromatic heterocycles. The molecule has 2 rings (SSSR count). The highest BCUT2D eigenvalue weighted by Gasteiger charge is 2.13. The molecule has 0 fully saturated rings. The van der Waals surface area contributed by atoms with Crippen molar-refractivity contribution >= 4 is 5.69 Å². The predicted molar refractivity (Wildman–Crippen MR) is 74.3 cm³/mol. The summed E-state index contributed by atoms with van der Waals surface area (Å²) >= 11 is 0. The number of hydrogen-bond donors (Lipinski definition) is 1. The number of imidazole rings is 1. The fourth-order valence-electron chi connectivity index (χ4n) is 2.08. The lowest BCUT2D eigenvalue weighted by Crippen LogP contribution is -2.22. The predicted octanol–water partition coefficient (Wildman–Crippen LogP) is 2.22. The minimum atomic E-state index is -0.263. The third-order valence-electron chi connectivity index (χ3n) is 3.19. The number of benzene rings is 1. The SMILES string of the molecule is CC(N)c1cc(F)ccc1N(C)Cc1nccn1C. The third kappa shape index (κ3) is 2.93. The lowest BCUT2D eigenvalue weighted by Gasteiger charge is -2.23. The van der Waals surface area contributed by atoms with Gasteiger partial charge in [-0.1, -0.05) is 0 Å². The van der Waals surface area contributed by atoms with Gasteiger partial charge in [-0.15, -0.1) is 0 Å². The number of aromatic nitrogens is 2. The first kappa shape index (κ1) is 13.5. The summed E-state index contributed by atoms with van der Waals surface area (Å²) < 4.78 is 15.3. The molecule has 0 aliphatic heterocycles. The van der Waals surface area contributed by atoms with Gasteiger partial charge in [0.05, 0.1) is 6.54 Å². The molecule has 5 heteroatoms. The first-order chi connectivity index (χ1) is 8.99. The molecule has 1 heterocycles. The molecule has 0 aliphatic carbocycles. The van der Waals surface area contributed by atoms with Crippen LogP contribution >= 0.6 is 0 Å². The molecule has 1 unspecified atom stereocenters. The molecule has 0 amide bonds. The maximum atomic E-state index is 13.3. The van der Waals surface area contributed by atoms with Gasteiger partial charge < -0.3 is 15.2 Å². The van der Waals surface area contributed by atoms with Crippen LogP contribution in [-0.2, 0) is 13.6 Å². The minimum Gasteiger partial charge on any atom is -0.367 e. The summed E-state index contributed by atoms with van der Waals surface area (Å²) in [5.74, 6) is 0.684. The number of hydrogen-bond acceptors (Lipinski definition) is 3. The average molecular weight is 262 g/mol. The maximum Gasteiger partial charge on any atom is 0.127 e. The van der Waals surface area contributed by atoms with Crippen LogP contribution in [0.25, 0.3) is 0 Å². The number of halogens is 1. The summed E-state index contributed by atoms with van der Waals surface area (Å²) in [4.78, 5) is 6.32. The highest BCUT2D eigenvalue weighted by atomic mass is 19.1. The van der Waals surface area contributed by atoms with Gasteiger partial charge in [0.1, 0.15) is 11.6 Å². The van der Waals surface area contributed by atoms with Gasteiger partial charge in [-0.05, 0) is 30.7 Å². The van der Waals surface area contributed by atoms with Gasteiger partial charge in [0.15, 0.2) is 0 Å². The van der Waals surface area contributed by atoms with Crippen molar-refractivity contribution < 1.29 is 4.39 Å². The first-order valence-corrected chi connectivity index (χ1v) is 6.21. The second-order valence-electron chi connectivity index (χ2n) is 4.80. The molecule has 0 aliphatic rings. The van der Waals surface area contributed by atoms with Crippen molar-refractivity contribution in [3.8, 4) is 0 Å². The summed E-state index contributed by atoms with van der Waals surface area (Å²) in [6.07, 6.45) is 3.67. The highest BCUT2D eigenvalue weighted by Crippen LogP contribution is 2.26. The number of nitrogens with two attached hydrogens (primary N) is 1. The fourth-order valence-corrected chi connectivity index (χ4v) is 2.08. The molecule has 2 aromatic rings. The van der Waals surface area contributed by atoms with Crippen LogP contribution in [0.1, 0.15) is 24.4 Å². The van der Waals surface area contributed by atoms with Crippen molar-refractivity contribution in [3.05, 3.63) is 47.8 Å². The van der Waals surface area contributed by atoms with Crippen molar-refractivity contribution in [2.45, 2.75) is 19.5 Å². The van der Waals surface area contributed by atoms with Crippen LogP contribution in [0.15, 0.2) is 30.6 Å². The Kier molecular flexibility index (Phi) is 3.85. The second-order valence-corrected chi connectivity index (χ2v) is 4.80. The zero-order valence-corrected chi connectivity index (χ0v) is 11.5. The Bertz CT molecular complexity index is 562.